The lowest BCUT2D eigenvalue weighted by molar-refractivity contribution is -0.402. The number of nitrogens with zero attached hydrogens (tertiary/aromatic N) is 5. The van der Waals surface area contributed by atoms with E-state index in [1.54, 1.807) is 13.8 Å². The van der Waals surface area contributed by atoms with E-state index < -0.39 is 47.0 Å². The van der Waals surface area contributed by atoms with Crippen LogP contribution < -0.4 is 25.1 Å². The topological polar surface area (TPSA) is 192 Å². The van der Waals surface area contributed by atoms with E-state index in [4.69, 9.17) is 37.1 Å². The van der Waals surface area contributed by atoms with Crippen molar-refractivity contribution in [2.75, 3.05) is 31.0 Å². The van der Waals surface area contributed by atoms with Crippen molar-refractivity contribution in [2.45, 2.75) is 25.6 Å². The summed E-state index contributed by atoms with van der Waals surface area (Å²) in [5.74, 6) is -0.257. The zero-order valence-corrected chi connectivity index (χ0v) is 26.9. The number of hydrazone groups is 1. The fraction of sp³-hybridized carbons (Fsp3) is 0.241. The van der Waals surface area contributed by atoms with Gasteiger partial charge in [-0.25, -0.2) is 15.0 Å². The molecule has 1 aliphatic heterocycles. The van der Waals surface area contributed by atoms with E-state index in [-0.39, 0.29) is 27.2 Å². The van der Waals surface area contributed by atoms with Crippen LogP contribution in [0.25, 0.3) is 6.08 Å². The van der Waals surface area contributed by atoms with Crippen LogP contribution in [0.1, 0.15) is 19.6 Å². The summed E-state index contributed by atoms with van der Waals surface area (Å²) < 4.78 is 15.3. The summed E-state index contributed by atoms with van der Waals surface area (Å²) in [7, 11) is 2.85. The number of furan rings is 1. The van der Waals surface area contributed by atoms with E-state index in [9.17, 15) is 29.7 Å². The Morgan fingerprint density at radius 1 is 1.13 bits per heavy atom. The van der Waals surface area contributed by atoms with Gasteiger partial charge in [0.1, 0.15) is 28.7 Å². The first-order valence-electron chi connectivity index (χ1n) is 13.6. The molecule has 1 atom stereocenters. The number of carbonyl (C=O) groups excluding carboxylic acids is 3. The zero-order chi connectivity index (χ0) is 34.5. The van der Waals surface area contributed by atoms with Gasteiger partial charge in [0.05, 0.1) is 35.9 Å². The summed E-state index contributed by atoms with van der Waals surface area (Å²) in [6, 6.07) is 9.72. The third-order valence-corrected chi connectivity index (χ3v) is 7.56. The SMILES string of the molecule is COc1ccc(NC(=O)N(O)[C@@H]2N(c3ccc(OC)c(Cl)c3)C(=O)N(CC(=O)NN=C/C=C\c3ccc([N+](=O)[O-])o3)C2(C)C)cc1Cl. The molecule has 5 amide bonds. The molecule has 1 fully saturated rings. The summed E-state index contributed by atoms with van der Waals surface area (Å²) in [4.78, 5) is 52.4. The molecule has 3 aromatic rings. The van der Waals surface area contributed by atoms with Crippen LogP contribution in [0.4, 0.5) is 26.8 Å². The number of rotatable bonds is 11. The van der Waals surface area contributed by atoms with Crippen LogP contribution in [0.3, 0.4) is 0 Å². The predicted molar refractivity (Wildman–Crippen MR) is 172 cm³/mol. The summed E-state index contributed by atoms with van der Waals surface area (Å²) in [5, 5.41) is 29.1. The fourth-order valence-electron chi connectivity index (χ4n) is 4.71. The highest BCUT2D eigenvalue weighted by molar-refractivity contribution is 6.32. The third kappa shape index (κ3) is 7.57. The molecule has 3 N–H and O–H groups in total. The molecule has 1 aromatic heterocycles. The van der Waals surface area contributed by atoms with Crippen molar-refractivity contribution in [1.29, 1.82) is 0 Å². The predicted octanol–water partition coefficient (Wildman–Crippen LogP) is 5.60. The quantitative estimate of drug-likeness (QED) is 0.0995. The summed E-state index contributed by atoms with van der Waals surface area (Å²) in [6.45, 7) is 2.59. The summed E-state index contributed by atoms with van der Waals surface area (Å²) >= 11 is 12.5. The average Bonchev–Trinajstić information content (AvgIpc) is 3.57. The van der Waals surface area contributed by atoms with Crippen LogP contribution in [0.5, 0.6) is 11.5 Å². The number of hydrogen-bond acceptors (Lipinski definition) is 10. The van der Waals surface area contributed by atoms with Crippen molar-refractivity contribution >= 4 is 70.7 Å². The summed E-state index contributed by atoms with van der Waals surface area (Å²) in [5.41, 5.74) is 1.32. The van der Waals surface area contributed by atoms with Crippen LogP contribution in [0.2, 0.25) is 10.0 Å². The van der Waals surface area contributed by atoms with E-state index in [1.165, 1.54) is 81.1 Å². The van der Waals surface area contributed by atoms with Gasteiger partial charge in [-0.1, -0.05) is 23.2 Å². The average molecular weight is 690 g/mol. The second-order valence-electron chi connectivity index (χ2n) is 10.3. The number of benzene rings is 2. The second kappa shape index (κ2) is 14.4. The molecule has 0 bridgehead atoms. The highest BCUT2D eigenvalue weighted by Crippen LogP contribution is 2.40. The number of halogens is 2. The van der Waals surface area contributed by atoms with Crippen LogP contribution in [-0.2, 0) is 4.79 Å². The van der Waals surface area contributed by atoms with Gasteiger partial charge in [0.15, 0.2) is 6.17 Å². The Labute approximate surface area is 277 Å². The van der Waals surface area contributed by atoms with Gasteiger partial charge in [-0.2, -0.15) is 10.2 Å². The van der Waals surface area contributed by atoms with Crippen LogP contribution in [0, 0.1) is 10.1 Å². The summed E-state index contributed by atoms with van der Waals surface area (Å²) in [6.07, 6.45) is 2.57. The molecular formula is C29H29Cl2N7O9. The van der Waals surface area contributed by atoms with Gasteiger partial charge < -0.3 is 24.1 Å². The van der Waals surface area contributed by atoms with Crippen molar-refractivity contribution in [3.63, 3.8) is 0 Å². The second-order valence-corrected chi connectivity index (χ2v) is 11.1. The Morgan fingerprint density at radius 3 is 2.38 bits per heavy atom. The van der Waals surface area contributed by atoms with Crippen LogP contribution in [-0.4, -0.2) is 76.7 Å². The van der Waals surface area contributed by atoms with Crippen molar-refractivity contribution < 1.29 is 38.4 Å². The Kier molecular flexibility index (Phi) is 10.6. The normalized spacial score (nSPS) is 15.7. The van der Waals surface area contributed by atoms with Crippen molar-refractivity contribution in [3.05, 3.63) is 80.5 Å². The maximum Gasteiger partial charge on any atom is 0.433 e. The maximum absolute atomic E-state index is 13.9. The number of hydroxylamine groups is 2. The Balaban J connectivity index is 1.56. The minimum atomic E-state index is -1.39. The molecule has 18 heteroatoms. The number of ether oxygens (including phenoxy) is 2. The van der Waals surface area contributed by atoms with Crippen LogP contribution in [0.15, 0.2) is 64.1 Å². The number of anilines is 2. The molecule has 248 valence electrons. The molecule has 47 heavy (non-hydrogen) atoms. The van der Waals surface area contributed by atoms with Gasteiger partial charge in [0.25, 0.3) is 5.91 Å². The van der Waals surface area contributed by atoms with Crippen molar-refractivity contribution in [3.8, 4) is 11.5 Å². The maximum atomic E-state index is 13.9. The number of nitrogens with one attached hydrogen (secondary N) is 2. The number of amides is 5. The van der Waals surface area contributed by atoms with Gasteiger partial charge in [0, 0.05) is 17.6 Å². The van der Waals surface area contributed by atoms with E-state index in [0.29, 0.717) is 16.6 Å². The molecule has 1 aliphatic rings. The molecule has 0 saturated carbocycles. The molecule has 0 spiro atoms. The minimum absolute atomic E-state index is 0.152. The lowest BCUT2D eigenvalue weighted by Crippen LogP contribution is -2.58. The van der Waals surface area contributed by atoms with Crippen LogP contribution >= 0.6 is 23.2 Å². The highest BCUT2D eigenvalue weighted by atomic mass is 35.5. The van der Waals surface area contributed by atoms with E-state index >= 15 is 0 Å². The molecule has 16 nitrogen and oxygen atoms in total. The van der Waals surface area contributed by atoms with Gasteiger partial charge in [-0.15, -0.1) is 0 Å². The Bertz CT molecular complexity index is 1740. The zero-order valence-electron chi connectivity index (χ0n) is 25.3. The lowest BCUT2D eigenvalue weighted by atomic mass is 9.99. The molecule has 0 unspecified atom stereocenters. The van der Waals surface area contributed by atoms with Crippen molar-refractivity contribution in [2.24, 2.45) is 5.10 Å². The first-order valence-corrected chi connectivity index (χ1v) is 14.3. The number of allylic oxidation sites excluding steroid dienone is 1. The van der Waals surface area contributed by atoms with Gasteiger partial charge in [-0.3, -0.25) is 25.0 Å². The molecular weight excluding hydrogens is 661 g/mol. The monoisotopic (exact) mass is 689 g/mol. The molecule has 2 heterocycles. The standard InChI is InChI=1S/C29H29Cl2N7O9/c1-29(2)26(37(42)27(40)33-17-7-10-22(45-3)20(30)14-17)36(18-8-11-23(46-4)21(31)15-18)28(41)35(29)16-24(39)34-32-13-5-6-19-9-12-25(47-19)38(43)44/h5-15,26,42H,16H2,1-4H3,(H,33,40)(H,34,39)/b6-5-,32-13?/t26-/m0/s1. The van der Waals surface area contributed by atoms with E-state index in [1.807, 2.05) is 0 Å². The molecule has 1 saturated heterocycles. The lowest BCUT2D eigenvalue weighted by Gasteiger charge is -2.38. The molecule has 2 aromatic carbocycles. The molecule has 0 radical (unpaired) electrons. The Morgan fingerprint density at radius 2 is 1.79 bits per heavy atom. The van der Waals surface area contributed by atoms with Gasteiger partial charge >= 0.3 is 17.9 Å². The van der Waals surface area contributed by atoms with Crippen molar-refractivity contribution in [1.82, 2.24) is 15.4 Å². The Hall–Kier alpha value is -5.32. The number of urea groups is 2. The number of methoxy groups -OCH3 is 2. The number of carbonyl (C=O) groups is 3. The molecule has 4 rings (SSSR count). The minimum Gasteiger partial charge on any atom is -0.495 e. The first kappa shape index (κ1) is 34.6. The fourth-order valence-corrected chi connectivity index (χ4v) is 5.22. The number of hydrogen-bond donors (Lipinski definition) is 3. The van der Waals surface area contributed by atoms with E-state index in [0.717, 1.165) is 9.80 Å². The van der Waals surface area contributed by atoms with Gasteiger partial charge in [-0.05, 0) is 68.5 Å². The van der Waals surface area contributed by atoms with Gasteiger partial charge in [0.2, 0.25) is 0 Å². The highest BCUT2D eigenvalue weighted by Gasteiger charge is 2.56. The molecule has 0 aliphatic carbocycles. The van der Waals surface area contributed by atoms with E-state index in [2.05, 4.69) is 15.8 Å². The smallest absolute Gasteiger partial charge is 0.433 e. The third-order valence-electron chi connectivity index (χ3n) is 6.97. The first-order chi connectivity index (χ1) is 22.3. The largest absolute Gasteiger partial charge is 0.495 e. The number of nitro groups is 1.